The van der Waals surface area contributed by atoms with Crippen LogP contribution >= 0.6 is 23.2 Å². The van der Waals surface area contributed by atoms with Crippen LogP contribution in [0.1, 0.15) is 18.4 Å². The first-order chi connectivity index (χ1) is 14.1. The summed E-state index contributed by atoms with van der Waals surface area (Å²) in [5.74, 6) is 0. The van der Waals surface area contributed by atoms with E-state index in [1.54, 1.807) is 23.0 Å². The van der Waals surface area contributed by atoms with Crippen LogP contribution in [0.25, 0.3) is 5.69 Å². The molecule has 2 amide bonds. The molecular formula is C21H20Cl2N4O2. The van der Waals surface area contributed by atoms with Crippen LogP contribution in [-0.2, 0) is 10.3 Å². The number of benzene rings is 2. The van der Waals surface area contributed by atoms with E-state index in [0.717, 1.165) is 11.3 Å². The van der Waals surface area contributed by atoms with Gasteiger partial charge in [0.1, 0.15) is 0 Å². The molecule has 4 rings (SSSR count). The standard InChI is InChI=1S/C21H20Cl2N4O2/c22-16-4-2-15(3-5-16)21(8-12-29-13-9-21)26-20(28)25-17-6-7-19(18(23)14-17)27-11-1-10-24-27/h1-7,10-11,14H,8-9,12-13H2,(H2,25,26,28). The first-order valence-corrected chi connectivity index (χ1v) is 10.0. The van der Waals surface area contributed by atoms with Crippen LogP contribution in [0.5, 0.6) is 0 Å². The highest BCUT2D eigenvalue weighted by atomic mass is 35.5. The predicted octanol–water partition coefficient (Wildman–Crippen LogP) is 5.01. The highest BCUT2D eigenvalue weighted by Crippen LogP contribution is 2.33. The Morgan fingerprint density at radius 2 is 1.86 bits per heavy atom. The van der Waals surface area contributed by atoms with E-state index in [9.17, 15) is 4.79 Å². The zero-order chi connectivity index (χ0) is 20.3. The third-order valence-electron chi connectivity index (χ3n) is 5.05. The van der Waals surface area contributed by atoms with Gasteiger partial charge in [0.05, 0.1) is 16.2 Å². The first kappa shape index (κ1) is 19.8. The van der Waals surface area contributed by atoms with E-state index < -0.39 is 5.54 Å². The number of aromatic nitrogens is 2. The third-order valence-corrected chi connectivity index (χ3v) is 5.61. The van der Waals surface area contributed by atoms with Gasteiger partial charge < -0.3 is 15.4 Å². The van der Waals surface area contributed by atoms with Crippen molar-refractivity contribution >= 4 is 34.9 Å². The van der Waals surface area contributed by atoms with Crippen molar-refractivity contribution in [1.29, 1.82) is 0 Å². The summed E-state index contributed by atoms with van der Waals surface area (Å²) in [6.07, 6.45) is 4.85. The van der Waals surface area contributed by atoms with Crippen LogP contribution in [0.3, 0.4) is 0 Å². The zero-order valence-electron chi connectivity index (χ0n) is 15.6. The maximum absolute atomic E-state index is 12.8. The molecule has 0 spiro atoms. The first-order valence-electron chi connectivity index (χ1n) is 9.28. The van der Waals surface area contributed by atoms with Gasteiger partial charge in [-0.15, -0.1) is 0 Å². The number of rotatable bonds is 4. The summed E-state index contributed by atoms with van der Waals surface area (Å²) in [5, 5.41) is 11.3. The van der Waals surface area contributed by atoms with E-state index in [1.165, 1.54) is 0 Å². The number of carbonyl (C=O) groups is 1. The molecule has 0 aliphatic carbocycles. The number of amides is 2. The minimum absolute atomic E-state index is 0.301. The van der Waals surface area contributed by atoms with Crippen molar-refractivity contribution in [2.24, 2.45) is 0 Å². The van der Waals surface area contributed by atoms with Crippen molar-refractivity contribution < 1.29 is 9.53 Å². The normalized spacial score (nSPS) is 15.7. The average Bonchev–Trinajstić information content (AvgIpc) is 3.23. The van der Waals surface area contributed by atoms with Gasteiger partial charge in [0.25, 0.3) is 0 Å². The molecule has 1 aliphatic rings. The number of nitrogens with one attached hydrogen (secondary N) is 2. The smallest absolute Gasteiger partial charge is 0.319 e. The Balaban J connectivity index is 1.51. The molecule has 8 heteroatoms. The molecule has 6 nitrogen and oxygen atoms in total. The fraction of sp³-hybridized carbons (Fsp3) is 0.238. The molecule has 3 aromatic rings. The van der Waals surface area contributed by atoms with Crippen LogP contribution in [0.15, 0.2) is 60.9 Å². The number of anilines is 1. The molecular weight excluding hydrogens is 411 g/mol. The molecule has 1 aliphatic heterocycles. The highest BCUT2D eigenvalue weighted by molar-refractivity contribution is 6.32. The summed E-state index contributed by atoms with van der Waals surface area (Å²) in [5.41, 5.74) is 1.84. The van der Waals surface area contributed by atoms with Crippen molar-refractivity contribution in [3.05, 3.63) is 76.5 Å². The predicted molar refractivity (Wildman–Crippen MR) is 114 cm³/mol. The third kappa shape index (κ3) is 4.40. The van der Waals surface area contributed by atoms with E-state index in [4.69, 9.17) is 27.9 Å². The van der Waals surface area contributed by atoms with Gasteiger partial charge in [0.15, 0.2) is 0 Å². The summed E-state index contributed by atoms with van der Waals surface area (Å²) < 4.78 is 7.18. The number of halogens is 2. The highest BCUT2D eigenvalue weighted by Gasteiger charge is 2.36. The molecule has 1 aromatic heterocycles. The molecule has 0 radical (unpaired) electrons. The number of ether oxygens (including phenoxy) is 1. The lowest BCUT2D eigenvalue weighted by atomic mass is 9.83. The number of nitrogens with zero attached hydrogens (tertiary/aromatic N) is 2. The second-order valence-electron chi connectivity index (χ2n) is 6.90. The minimum atomic E-state index is -0.508. The lowest BCUT2D eigenvalue weighted by Crippen LogP contribution is -2.50. The van der Waals surface area contributed by atoms with Crippen molar-refractivity contribution in [2.75, 3.05) is 18.5 Å². The molecule has 1 fully saturated rings. The lowest BCUT2D eigenvalue weighted by Gasteiger charge is -2.38. The summed E-state index contributed by atoms with van der Waals surface area (Å²) in [6.45, 7) is 1.15. The fourth-order valence-corrected chi connectivity index (χ4v) is 3.93. The van der Waals surface area contributed by atoms with Gasteiger partial charge in [-0.3, -0.25) is 0 Å². The summed E-state index contributed by atoms with van der Waals surface area (Å²) in [6, 6.07) is 14.4. The SMILES string of the molecule is O=C(Nc1ccc(-n2cccn2)c(Cl)c1)NC1(c2ccc(Cl)cc2)CCOCC1. The van der Waals surface area contributed by atoms with Crippen LogP contribution in [0, 0.1) is 0 Å². The van der Waals surface area contributed by atoms with Gasteiger partial charge in [0, 0.05) is 36.3 Å². The Bertz CT molecular complexity index is 984. The van der Waals surface area contributed by atoms with Crippen LogP contribution < -0.4 is 10.6 Å². The Morgan fingerprint density at radius 1 is 1.10 bits per heavy atom. The Hall–Kier alpha value is -2.54. The Labute approximate surface area is 178 Å². The van der Waals surface area contributed by atoms with E-state index in [1.807, 2.05) is 42.6 Å². The van der Waals surface area contributed by atoms with Gasteiger partial charge >= 0.3 is 6.03 Å². The number of hydrogen-bond acceptors (Lipinski definition) is 3. The molecule has 2 N–H and O–H groups in total. The van der Waals surface area contributed by atoms with Crippen molar-refractivity contribution in [3.63, 3.8) is 0 Å². The van der Waals surface area contributed by atoms with Crippen LogP contribution in [-0.4, -0.2) is 29.0 Å². The fourth-order valence-electron chi connectivity index (χ4n) is 3.54. The van der Waals surface area contributed by atoms with Gasteiger partial charge in [-0.05, 0) is 54.8 Å². The molecule has 0 atom stereocenters. The Kier molecular flexibility index (Phi) is 5.76. The van der Waals surface area contributed by atoms with Crippen LogP contribution in [0.2, 0.25) is 10.0 Å². The number of hydrogen-bond donors (Lipinski definition) is 2. The molecule has 29 heavy (non-hydrogen) atoms. The molecule has 2 aromatic carbocycles. The average molecular weight is 431 g/mol. The van der Waals surface area contributed by atoms with Gasteiger partial charge in [0.2, 0.25) is 0 Å². The molecule has 0 unspecified atom stereocenters. The summed E-state index contributed by atoms with van der Waals surface area (Å²) in [7, 11) is 0. The van der Waals surface area contributed by atoms with Crippen molar-refractivity contribution in [2.45, 2.75) is 18.4 Å². The van der Waals surface area contributed by atoms with E-state index in [2.05, 4.69) is 15.7 Å². The van der Waals surface area contributed by atoms with Crippen molar-refractivity contribution in [1.82, 2.24) is 15.1 Å². The molecule has 0 saturated carbocycles. The maximum atomic E-state index is 12.8. The Morgan fingerprint density at radius 3 is 2.52 bits per heavy atom. The molecule has 1 saturated heterocycles. The van der Waals surface area contributed by atoms with Gasteiger partial charge in [-0.2, -0.15) is 5.10 Å². The largest absolute Gasteiger partial charge is 0.381 e. The monoisotopic (exact) mass is 430 g/mol. The van der Waals surface area contributed by atoms with Gasteiger partial charge in [-0.25, -0.2) is 9.48 Å². The second kappa shape index (κ2) is 8.45. The zero-order valence-corrected chi connectivity index (χ0v) is 17.1. The topological polar surface area (TPSA) is 68.2 Å². The van der Waals surface area contributed by atoms with Crippen LogP contribution in [0.4, 0.5) is 10.5 Å². The minimum Gasteiger partial charge on any atom is -0.381 e. The number of urea groups is 1. The summed E-state index contributed by atoms with van der Waals surface area (Å²) in [4.78, 5) is 12.8. The van der Waals surface area contributed by atoms with E-state index in [0.29, 0.717) is 41.8 Å². The second-order valence-corrected chi connectivity index (χ2v) is 7.74. The number of carbonyl (C=O) groups excluding carboxylic acids is 1. The summed E-state index contributed by atoms with van der Waals surface area (Å²) >= 11 is 12.4. The lowest BCUT2D eigenvalue weighted by molar-refractivity contribution is 0.0418. The molecule has 2 heterocycles. The molecule has 150 valence electrons. The van der Waals surface area contributed by atoms with E-state index in [-0.39, 0.29) is 6.03 Å². The van der Waals surface area contributed by atoms with E-state index >= 15 is 0 Å². The maximum Gasteiger partial charge on any atom is 0.319 e. The molecule has 0 bridgehead atoms. The quantitative estimate of drug-likeness (QED) is 0.611. The van der Waals surface area contributed by atoms with Crippen molar-refractivity contribution in [3.8, 4) is 5.69 Å². The van der Waals surface area contributed by atoms with Gasteiger partial charge in [-0.1, -0.05) is 35.3 Å².